The Bertz CT molecular complexity index is 963. The summed E-state index contributed by atoms with van der Waals surface area (Å²) in [6.07, 6.45) is 3.34. The Morgan fingerprint density at radius 2 is 1.93 bits per heavy atom. The highest BCUT2D eigenvalue weighted by Crippen LogP contribution is 2.25. The number of benzene rings is 1. The summed E-state index contributed by atoms with van der Waals surface area (Å²) in [4.78, 5) is 25.3. The molecule has 2 amide bonds. The standard InChI is InChI=1S/C18H21N7O2/c1-23-16-13(11-21-23)17(20-12-19-16)24-7-9-25(10-8-24)18(26)22-14-5-3-4-6-15(14)27-2/h3-6,11-12H,7-10H2,1-2H3,(H,22,26). The molecule has 0 atom stereocenters. The highest BCUT2D eigenvalue weighted by atomic mass is 16.5. The number of amides is 2. The van der Waals surface area contributed by atoms with Gasteiger partial charge in [0.2, 0.25) is 0 Å². The van der Waals surface area contributed by atoms with Crippen LogP contribution in [0.1, 0.15) is 0 Å². The number of hydrogen-bond acceptors (Lipinski definition) is 6. The van der Waals surface area contributed by atoms with E-state index in [0.29, 0.717) is 37.6 Å². The van der Waals surface area contributed by atoms with Crippen molar-refractivity contribution in [3.63, 3.8) is 0 Å². The zero-order chi connectivity index (χ0) is 18.8. The first-order valence-electron chi connectivity index (χ1n) is 8.74. The molecular weight excluding hydrogens is 346 g/mol. The van der Waals surface area contributed by atoms with Crippen molar-refractivity contribution >= 4 is 28.6 Å². The number of methoxy groups -OCH3 is 1. The molecule has 3 heterocycles. The van der Waals surface area contributed by atoms with Crippen molar-refractivity contribution in [1.82, 2.24) is 24.6 Å². The molecule has 0 spiro atoms. The molecule has 2 aromatic heterocycles. The zero-order valence-corrected chi connectivity index (χ0v) is 15.3. The highest BCUT2D eigenvalue weighted by Gasteiger charge is 2.24. The largest absolute Gasteiger partial charge is 0.495 e. The van der Waals surface area contributed by atoms with Crippen LogP contribution in [0, 0.1) is 0 Å². The fraction of sp³-hybridized carbons (Fsp3) is 0.333. The first-order valence-corrected chi connectivity index (χ1v) is 8.74. The molecule has 140 valence electrons. The number of para-hydroxylation sites is 2. The topological polar surface area (TPSA) is 88.4 Å². The molecule has 9 nitrogen and oxygen atoms in total. The first kappa shape index (κ1) is 17.1. The summed E-state index contributed by atoms with van der Waals surface area (Å²) < 4.78 is 7.02. The van der Waals surface area contributed by atoms with E-state index in [4.69, 9.17) is 4.74 Å². The lowest BCUT2D eigenvalue weighted by Crippen LogP contribution is -2.50. The molecule has 27 heavy (non-hydrogen) atoms. The van der Waals surface area contributed by atoms with Gasteiger partial charge in [0, 0.05) is 33.2 Å². The van der Waals surface area contributed by atoms with E-state index >= 15 is 0 Å². The minimum absolute atomic E-state index is 0.131. The second kappa shape index (κ2) is 7.10. The first-order chi connectivity index (χ1) is 13.2. The maximum absolute atomic E-state index is 12.6. The number of hydrogen-bond donors (Lipinski definition) is 1. The third kappa shape index (κ3) is 3.23. The number of anilines is 2. The fourth-order valence-electron chi connectivity index (χ4n) is 3.27. The van der Waals surface area contributed by atoms with E-state index < -0.39 is 0 Å². The monoisotopic (exact) mass is 367 g/mol. The molecule has 3 aromatic rings. The van der Waals surface area contributed by atoms with E-state index in [1.807, 2.05) is 31.3 Å². The molecule has 0 aliphatic carbocycles. The number of rotatable bonds is 3. The van der Waals surface area contributed by atoms with Gasteiger partial charge in [-0.2, -0.15) is 5.10 Å². The van der Waals surface area contributed by atoms with Gasteiger partial charge >= 0.3 is 6.03 Å². The molecule has 1 aliphatic rings. The molecule has 9 heteroatoms. The van der Waals surface area contributed by atoms with Gasteiger partial charge < -0.3 is 19.9 Å². The summed E-state index contributed by atoms with van der Waals surface area (Å²) in [6, 6.07) is 7.25. The van der Waals surface area contributed by atoms with Gasteiger partial charge in [-0.05, 0) is 12.1 Å². The Kier molecular flexibility index (Phi) is 4.49. The summed E-state index contributed by atoms with van der Waals surface area (Å²) in [5, 5.41) is 8.11. The number of urea groups is 1. The maximum atomic E-state index is 12.6. The number of carbonyl (C=O) groups is 1. The van der Waals surface area contributed by atoms with Crippen LogP contribution in [0.3, 0.4) is 0 Å². The summed E-state index contributed by atoms with van der Waals surface area (Å²) in [5.41, 5.74) is 1.47. The zero-order valence-electron chi connectivity index (χ0n) is 15.3. The van der Waals surface area contributed by atoms with Crippen LogP contribution in [0.4, 0.5) is 16.3 Å². The van der Waals surface area contributed by atoms with Gasteiger partial charge in [0.1, 0.15) is 17.9 Å². The van der Waals surface area contributed by atoms with E-state index in [1.165, 1.54) is 0 Å². The summed E-state index contributed by atoms with van der Waals surface area (Å²) >= 11 is 0. The van der Waals surface area contributed by atoms with Gasteiger partial charge in [0.05, 0.1) is 24.4 Å². The third-order valence-electron chi connectivity index (χ3n) is 4.72. The SMILES string of the molecule is COc1ccccc1NC(=O)N1CCN(c2ncnc3c2cnn3C)CC1. The highest BCUT2D eigenvalue weighted by molar-refractivity contribution is 5.91. The van der Waals surface area contributed by atoms with E-state index in [1.54, 1.807) is 29.2 Å². The lowest BCUT2D eigenvalue weighted by molar-refractivity contribution is 0.208. The molecule has 1 aromatic carbocycles. The minimum atomic E-state index is -0.131. The van der Waals surface area contributed by atoms with Crippen molar-refractivity contribution in [1.29, 1.82) is 0 Å². The number of piperazine rings is 1. The average Bonchev–Trinajstić information content (AvgIpc) is 3.10. The smallest absolute Gasteiger partial charge is 0.322 e. The van der Waals surface area contributed by atoms with Gasteiger partial charge in [0.15, 0.2) is 5.65 Å². The van der Waals surface area contributed by atoms with Gasteiger partial charge in [-0.1, -0.05) is 12.1 Å². The van der Waals surface area contributed by atoms with Crippen LogP contribution < -0.4 is 15.0 Å². The van der Waals surface area contributed by atoms with Crippen molar-refractivity contribution < 1.29 is 9.53 Å². The van der Waals surface area contributed by atoms with Crippen molar-refractivity contribution in [2.45, 2.75) is 0 Å². The molecule has 4 rings (SSSR count). The Hall–Kier alpha value is -3.36. The maximum Gasteiger partial charge on any atom is 0.322 e. The minimum Gasteiger partial charge on any atom is -0.495 e. The van der Waals surface area contributed by atoms with Crippen LogP contribution in [-0.4, -0.2) is 64.0 Å². The molecule has 1 N–H and O–H groups in total. The van der Waals surface area contributed by atoms with E-state index in [2.05, 4.69) is 25.3 Å². The average molecular weight is 367 g/mol. The third-order valence-corrected chi connectivity index (χ3v) is 4.72. The second-order valence-corrected chi connectivity index (χ2v) is 6.31. The Labute approximate surface area is 156 Å². The van der Waals surface area contributed by atoms with Gasteiger partial charge in [-0.3, -0.25) is 4.68 Å². The van der Waals surface area contributed by atoms with Crippen LogP contribution in [0.25, 0.3) is 11.0 Å². The molecule has 0 bridgehead atoms. The Morgan fingerprint density at radius 3 is 2.70 bits per heavy atom. The van der Waals surface area contributed by atoms with E-state index in [9.17, 15) is 4.79 Å². The van der Waals surface area contributed by atoms with Crippen molar-refractivity contribution in [2.75, 3.05) is 43.5 Å². The number of fused-ring (bicyclic) bond motifs is 1. The summed E-state index contributed by atoms with van der Waals surface area (Å²) in [5.74, 6) is 1.50. The number of aryl methyl sites for hydroxylation is 1. The fourth-order valence-corrected chi connectivity index (χ4v) is 3.27. The number of aromatic nitrogens is 4. The lowest BCUT2D eigenvalue weighted by Gasteiger charge is -2.35. The number of ether oxygens (including phenoxy) is 1. The van der Waals surface area contributed by atoms with Gasteiger partial charge in [-0.25, -0.2) is 14.8 Å². The van der Waals surface area contributed by atoms with Crippen LogP contribution >= 0.6 is 0 Å². The Morgan fingerprint density at radius 1 is 1.15 bits per heavy atom. The predicted octanol–water partition coefficient (Wildman–Crippen LogP) is 1.73. The van der Waals surface area contributed by atoms with E-state index in [-0.39, 0.29) is 6.03 Å². The Balaban J connectivity index is 1.43. The predicted molar refractivity (Wildman–Crippen MR) is 102 cm³/mol. The molecule has 0 unspecified atom stereocenters. The molecule has 0 radical (unpaired) electrons. The van der Waals surface area contributed by atoms with Crippen molar-refractivity contribution in [3.8, 4) is 5.75 Å². The normalized spacial score (nSPS) is 14.4. The molecule has 0 saturated carbocycles. The molecule has 1 saturated heterocycles. The number of nitrogens with one attached hydrogen (secondary N) is 1. The summed E-state index contributed by atoms with van der Waals surface area (Å²) in [7, 11) is 3.45. The van der Waals surface area contributed by atoms with Crippen molar-refractivity contribution in [3.05, 3.63) is 36.8 Å². The molecule has 1 fully saturated rings. The van der Waals surface area contributed by atoms with E-state index in [0.717, 1.165) is 16.9 Å². The van der Waals surface area contributed by atoms with Crippen LogP contribution in [-0.2, 0) is 7.05 Å². The number of nitrogens with zero attached hydrogens (tertiary/aromatic N) is 6. The summed E-state index contributed by atoms with van der Waals surface area (Å²) in [6.45, 7) is 2.60. The van der Waals surface area contributed by atoms with Crippen molar-refractivity contribution in [2.24, 2.45) is 7.05 Å². The molecule has 1 aliphatic heterocycles. The molecular formula is C18H21N7O2. The van der Waals surface area contributed by atoms with Crippen LogP contribution in [0.15, 0.2) is 36.8 Å². The lowest BCUT2D eigenvalue weighted by atomic mass is 10.2. The van der Waals surface area contributed by atoms with Gasteiger partial charge in [-0.15, -0.1) is 0 Å². The van der Waals surface area contributed by atoms with Crippen LogP contribution in [0.2, 0.25) is 0 Å². The number of carbonyl (C=O) groups excluding carboxylic acids is 1. The quantitative estimate of drug-likeness (QED) is 0.758. The second-order valence-electron chi connectivity index (χ2n) is 6.31. The van der Waals surface area contributed by atoms with Crippen LogP contribution in [0.5, 0.6) is 5.75 Å². The van der Waals surface area contributed by atoms with Gasteiger partial charge in [0.25, 0.3) is 0 Å².